The lowest BCUT2D eigenvalue weighted by atomic mass is 10.1. The fraction of sp³-hybridized carbons (Fsp3) is 0.250. The van der Waals surface area contributed by atoms with Gasteiger partial charge in [0.1, 0.15) is 6.07 Å². The van der Waals surface area contributed by atoms with Crippen molar-refractivity contribution >= 4 is 46.4 Å². The highest BCUT2D eigenvalue weighted by atomic mass is 35.5. The standard InChI is InChI=1S/C20H18Cl2N4O3/c21-17-10-15(2-1-13(17)11-23)25-19(27)12-24-14-3-4-16(18(22)9-14)20(28)26-5-7-29-8-6-26/h1-4,9-10,24H,5-8,12H2,(H,25,27). The van der Waals surface area contributed by atoms with Gasteiger partial charge in [-0.2, -0.15) is 5.26 Å². The Labute approximate surface area is 178 Å². The van der Waals surface area contributed by atoms with Crippen LogP contribution in [0.3, 0.4) is 0 Å². The van der Waals surface area contributed by atoms with Crippen molar-refractivity contribution in [1.82, 2.24) is 4.90 Å². The van der Waals surface area contributed by atoms with Gasteiger partial charge in [0.15, 0.2) is 0 Å². The summed E-state index contributed by atoms with van der Waals surface area (Å²) in [5.74, 6) is -0.435. The van der Waals surface area contributed by atoms with Crippen LogP contribution in [0.5, 0.6) is 0 Å². The average molecular weight is 433 g/mol. The number of rotatable bonds is 5. The molecule has 0 aliphatic carbocycles. The van der Waals surface area contributed by atoms with Crippen molar-refractivity contribution in [3.63, 3.8) is 0 Å². The summed E-state index contributed by atoms with van der Waals surface area (Å²) >= 11 is 12.2. The summed E-state index contributed by atoms with van der Waals surface area (Å²) in [6, 6.07) is 11.6. The van der Waals surface area contributed by atoms with Gasteiger partial charge in [-0.15, -0.1) is 0 Å². The number of halogens is 2. The molecule has 2 aromatic carbocycles. The van der Waals surface area contributed by atoms with Gasteiger partial charge in [-0.3, -0.25) is 9.59 Å². The van der Waals surface area contributed by atoms with E-state index in [4.69, 9.17) is 33.2 Å². The number of benzene rings is 2. The summed E-state index contributed by atoms with van der Waals surface area (Å²) in [7, 11) is 0. The Hall–Kier alpha value is -2.79. The largest absolute Gasteiger partial charge is 0.378 e. The third-order valence-corrected chi connectivity index (χ3v) is 4.95. The van der Waals surface area contributed by atoms with Crippen LogP contribution < -0.4 is 10.6 Å². The van der Waals surface area contributed by atoms with Crippen molar-refractivity contribution in [3.8, 4) is 6.07 Å². The van der Waals surface area contributed by atoms with Crippen LogP contribution in [0.25, 0.3) is 0 Å². The topological polar surface area (TPSA) is 94.5 Å². The first-order chi connectivity index (χ1) is 14.0. The van der Waals surface area contributed by atoms with Crippen molar-refractivity contribution in [2.24, 2.45) is 0 Å². The van der Waals surface area contributed by atoms with E-state index in [2.05, 4.69) is 10.6 Å². The van der Waals surface area contributed by atoms with E-state index in [1.54, 1.807) is 29.2 Å². The molecule has 150 valence electrons. The van der Waals surface area contributed by atoms with Gasteiger partial charge in [-0.25, -0.2) is 0 Å². The van der Waals surface area contributed by atoms with Crippen LogP contribution in [0.4, 0.5) is 11.4 Å². The van der Waals surface area contributed by atoms with Crippen LogP contribution in [0.1, 0.15) is 15.9 Å². The normalized spacial score (nSPS) is 13.5. The maximum Gasteiger partial charge on any atom is 0.255 e. The highest BCUT2D eigenvalue weighted by Crippen LogP contribution is 2.23. The van der Waals surface area contributed by atoms with Gasteiger partial charge in [0.05, 0.1) is 40.9 Å². The number of ether oxygens (including phenoxy) is 1. The first kappa shape index (κ1) is 20.9. The van der Waals surface area contributed by atoms with Crippen LogP contribution in [-0.4, -0.2) is 49.6 Å². The van der Waals surface area contributed by atoms with E-state index < -0.39 is 0 Å². The molecule has 0 spiro atoms. The lowest BCUT2D eigenvalue weighted by Gasteiger charge is -2.27. The number of carbonyl (C=O) groups excluding carboxylic acids is 2. The maximum absolute atomic E-state index is 12.5. The van der Waals surface area contributed by atoms with Gasteiger partial charge >= 0.3 is 0 Å². The third kappa shape index (κ3) is 5.39. The molecule has 1 fully saturated rings. The van der Waals surface area contributed by atoms with E-state index in [0.29, 0.717) is 53.8 Å². The molecular formula is C20H18Cl2N4O3. The molecule has 7 nitrogen and oxygen atoms in total. The minimum Gasteiger partial charge on any atom is -0.378 e. The number of amides is 2. The van der Waals surface area contributed by atoms with Gasteiger partial charge in [0, 0.05) is 24.5 Å². The average Bonchev–Trinajstić information content (AvgIpc) is 2.73. The van der Waals surface area contributed by atoms with E-state index in [0.717, 1.165) is 0 Å². The SMILES string of the molecule is N#Cc1ccc(NC(=O)CNc2ccc(C(=O)N3CCOCC3)c(Cl)c2)cc1Cl. The molecule has 0 unspecified atom stereocenters. The number of morpholine rings is 1. The fourth-order valence-electron chi connectivity index (χ4n) is 2.81. The minimum atomic E-state index is -0.296. The number of hydrogen-bond acceptors (Lipinski definition) is 5. The van der Waals surface area contributed by atoms with Crippen LogP contribution in [0.15, 0.2) is 36.4 Å². The molecule has 1 aliphatic heterocycles. The Morgan fingerprint density at radius 2 is 1.76 bits per heavy atom. The number of nitrogens with one attached hydrogen (secondary N) is 2. The van der Waals surface area contributed by atoms with Crippen molar-refractivity contribution in [1.29, 1.82) is 5.26 Å². The number of nitrogens with zero attached hydrogens (tertiary/aromatic N) is 2. The summed E-state index contributed by atoms with van der Waals surface area (Å²) in [6.07, 6.45) is 0. The summed E-state index contributed by atoms with van der Waals surface area (Å²) in [5, 5.41) is 15.1. The van der Waals surface area contributed by atoms with E-state index >= 15 is 0 Å². The minimum absolute atomic E-state index is 0.00922. The second-order valence-electron chi connectivity index (χ2n) is 6.31. The zero-order valence-electron chi connectivity index (χ0n) is 15.4. The molecule has 2 amide bonds. The number of nitriles is 1. The molecule has 0 radical (unpaired) electrons. The van der Waals surface area contributed by atoms with Gasteiger partial charge in [-0.05, 0) is 36.4 Å². The van der Waals surface area contributed by atoms with Crippen molar-refractivity contribution < 1.29 is 14.3 Å². The fourth-order valence-corrected chi connectivity index (χ4v) is 3.29. The summed E-state index contributed by atoms with van der Waals surface area (Å²) in [4.78, 5) is 26.4. The Morgan fingerprint density at radius 1 is 1.07 bits per heavy atom. The van der Waals surface area contributed by atoms with Crippen LogP contribution in [0, 0.1) is 11.3 Å². The molecule has 1 heterocycles. The summed E-state index contributed by atoms with van der Waals surface area (Å²) in [6.45, 7) is 2.10. The Bertz CT molecular complexity index is 969. The second kappa shape index (κ2) is 9.61. The zero-order valence-corrected chi connectivity index (χ0v) is 16.9. The van der Waals surface area contributed by atoms with E-state index in [1.165, 1.54) is 12.1 Å². The molecule has 29 heavy (non-hydrogen) atoms. The summed E-state index contributed by atoms with van der Waals surface area (Å²) in [5.41, 5.74) is 1.85. The van der Waals surface area contributed by atoms with E-state index in [9.17, 15) is 9.59 Å². The molecule has 0 aromatic heterocycles. The molecule has 9 heteroatoms. The highest BCUT2D eigenvalue weighted by molar-refractivity contribution is 6.34. The predicted octanol–water partition coefficient (Wildman–Crippen LogP) is 3.39. The first-order valence-corrected chi connectivity index (χ1v) is 9.63. The molecule has 1 aliphatic rings. The smallest absolute Gasteiger partial charge is 0.255 e. The Kier molecular flexibility index (Phi) is 6.94. The molecule has 0 saturated carbocycles. The monoisotopic (exact) mass is 432 g/mol. The molecule has 0 bridgehead atoms. The van der Waals surface area contributed by atoms with Crippen molar-refractivity contribution in [2.45, 2.75) is 0 Å². The Balaban J connectivity index is 1.57. The molecular weight excluding hydrogens is 415 g/mol. The number of anilines is 2. The first-order valence-electron chi connectivity index (χ1n) is 8.88. The van der Waals surface area contributed by atoms with Crippen molar-refractivity contribution in [3.05, 3.63) is 57.6 Å². The maximum atomic E-state index is 12.5. The lowest BCUT2D eigenvalue weighted by Crippen LogP contribution is -2.40. The molecule has 2 N–H and O–H groups in total. The second-order valence-corrected chi connectivity index (χ2v) is 7.12. The van der Waals surface area contributed by atoms with Gasteiger partial charge in [0.25, 0.3) is 5.91 Å². The number of hydrogen-bond donors (Lipinski definition) is 2. The van der Waals surface area contributed by atoms with E-state index in [-0.39, 0.29) is 23.4 Å². The van der Waals surface area contributed by atoms with Crippen LogP contribution >= 0.6 is 23.2 Å². The predicted molar refractivity (Wildman–Crippen MR) is 111 cm³/mol. The van der Waals surface area contributed by atoms with E-state index in [1.807, 2.05) is 6.07 Å². The van der Waals surface area contributed by atoms with Crippen LogP contribution in [-0.2, 0) is 9.53 Å². The lowest BCUT2D eigenvalue weighted by molar-refractivity contribution is -0.114. The van der Waals surface area contributed by atoms with Crippen LogP contribution in [0.2, 0.25) is 10.0 Å². The highest BCUT2D eigenvalue weighted by Gasteiger charge is 2.20. The molecule has 3 rings (SSSR count). The third-order valence-electron chi connectivity index (χ3n) is 4.32. The number of carbonyl (C=O) groups is 2. The van der Waals surface area contributed by atoms with Gasteiger partial charge in [-0.1, -0.05) is 23.2 Å². The molecule has 2 aromatic rings. The van der Waals surface area contributed by atoms with Gasteiger partial charge < -0.3 is 20.3 Å². The van der Waals surface area contributed by atoms with Crippen molar-refractivity contribution in [2.75, 3.05) is 43.5 Å². The Morgan fingerprint density at radius 3 is 2.41 bits per heavy atom. The molecule has 1 saturated heterocycles. The zero-order chi connectivity index (χ0) is 20.8. The van der Waals surface area contributed by atoms with Gasteiger partial charge in [0.2, 0.25) is 5.91 Å². The molecule has 0 atom stereocenters. The quantitative estimate of drug-likeness (QED) is 0.754. The summed E-state index contributed by atoms with van der Waals surface area (Å²) < 4.78 is 5.25.